The molecule has 0 atom stereocenters. The number of para-hydroxylation sites is 6. The second-order valence-electron chi connectivity index (χ2n) is 33.8. The number of thiophene rings is 1. The number of hydrogen-bond donors (Lipinski definition) is 0. The third-order valence-corrected chi connectivity index (χ3v) is 27.0. The normalized spacial score (nSPS) is 16.7. The molecule has 2 fully saturated rings. The summed E-state index contributed by atoms with van der Waals surface area (Å²) in [7, 11) is 7.49. The van der Waals surface area contributed by atoms with Crippen LogP contribution >= 0.6 is 11.3 Å². The molecule has 20 aromatic rings. The molecular formula is C118H112N4O3S+4. The van der Waals surface area contributed by atoms with Crippen LogP contribution in [0, 0.1) is 68.8 Å². The topological polar surface area (TPSA) is 54.9 Å². The molecule has 8 heteroatoms. The Labute approximate surface area is 773 Å². The first-order valence-electron chi connectivity index (χ1n) is 53.5. The molecule has 0 radical (unpaired) electrons. The summed E-state index contributed by atoms with van der Waals surface area (Å²) in [6.07, 6.45) is 16.7. The average Bonchev–Trinajstić information content (AvgIpc) is 1.58. The van der Waals surface area contributed by atoms with Gasteiger partial charge in [0, 0.05) is 188 Å². The second kappa shape index (κ2) is 34.8. The van der Waals surface area contributed by atoms with Crippen LogP contribution in [0.4, 0.5) is 0 Å². The van der Waals surface area contributed by atoms with Crippen molar-refractivity contribution in [3.05, 3.63) is 358 Å². The second-order valence-corrected chi connectivity index (χ2v) is 34.9. The van der Waals surface area contributed by atoms with Crippen LogP contribution in [0.1, 0.15) is 170 Å². The van der Waals surface area contributed by atoms with Gasteiger partial charge < -0.3 is 13.3 Å². The Morgan fingerprint density at radius 1 is 0.246 bits per heavy atom. The Morgan fingerprint density at radius 2 is 0.508 bits per heavy atom. The summed E-state index contributed by atoms with van der Waals surface area (Å²) in [5, 5.41) is 7.08. The van der Waals surface area contributed by atoms with Gasteiger partial charge in [0.05, 0.1) is 0 Å². The highest BCUT2D eigenvalue weighted by molar-refractivity contribution is 7.26. The molecule has 2 aliphatic rings. The molecule has 0 N–H and O–H groups in total. The first-order valence-corrected chi connectivity index (χ1v) is 44.3. The number of aromatic nitrogens is 4. The Kier molecular flexibility index (Phi) is 17.1. The summed E-state index contributed by atoms with van der Waals surface area (Å²) in [6, 6.07) is 86.0. The zero-order valence-corrected chi connectivity index (χ0v) is 73.0. The molecule has 22 rings (SSSR count). The fraction of sp³-hybridized carbons (Fsp3) is 0.220. The summed E-state index contributed by atoms with van der Waals surface area (Å²) < 4.78 is 194. The van der Waals surface area contributed by atoms with E-state index in [0.29, 0.717) is 65.8 Å². The number of nitrogens with zero attached hydrogens (tertiary/aromatic N) is 4. The highest BCUT2D eigenvalue weighted by atomic mass is 32.1. The molecule has 0 aliphatic heterocycles. The van der Waals surface area contributed by atoms with Gasteiger partial charge in [-0.15, -0.1) is 11.3 Å². The van der Waals surface area contributed by atoms with Gasteiger partial charge >= 0.3 is 0 Å². The Balaban J connectivity index is 0.000000123. The third-order valence-electron chi connectivity index (χ3n) is 25.7. The molecule has 624 valence electrons. The van der Waals surface area contributed by atoms with E-state index in [-0.39, 0.29) is 27.8 Å². The smallest absolute Gasteiger partial charge is 0.213 e. The molecule has 2 saturated carbocycles. The summed E-state index contributed by atoms with van der Waals surface area (Å²) in [6.45, 7) is -5.67. The molecule has 126 heavy (non-hydrogen) atoms. The molecule has 8 aromatic heterocycles. The molecule has 12 aromatic carbocycles. The maximum atomic E-state index is 9.28. The van der Waals surface area contributed by atoms with Crippen molar-refractivity contribution in [2.75, 3.05) is 0 Å². The summed E-state index contributed by atoms with van der Waals surface area (Å²) >= 11 is 1.41. The predicted octanol–water partition coefficient (Wildman–Crippen LogP) is 30.6. The number of benzene rings is 12. The van der Waals surface area contributed by atoms with Crippen molar-refractivity contribution >= 4 is 97.3 Å². The quantitative estimate of drug-likeness (QED) is 0.128. The summed E-state index contributed by atoms with van der Waals surface area (Å²) in [5.41, 5.74) is 24.5. The molecular weight excluding hydrogens is 1550 g/mol. The van der Waals surface area contributed by atoms with Gasteiger partial charge in [0.1, 0.15) is 61.7 Å². The minimum absolute atomic E-state index is 0.133. The van der Waals surface area contributed by atoms with E-state index < -0.39 is 52.9 Å². The number of fused-ring (bicyclic) bond motifs is 12. The fourth-order valence-electron chi connectivity index (χ4n) is 19.2. The van der Waals surface area contributed by atoms with Gasteiger partial charge in [-0.3, -0.25) is 0 Å². The highest BCUT2D eigenvalue weighted by Gasteiger charge is 2.29. The van der Waals surface area contributed by atoms with E-state index in [9.17, 15) is 2.74 Å². The van der Waals surface area contributed by atoms with E-state index in [2.05, 4.69) is 50.2 Å². The molecule has 0 bridgehead atoms. The van der Waals surface area contributed by atoms with Crippen LogP contribution < -0.4 is 18.3 Å². The monoisotopic (exact) mass is 1680 g/mol. The van der Waals surface area contributed by atoms with Crippen LogP contribution in [0.3, 0.4) is 0 Å². The SMILES string of the molecule is [2H]C([2H])([2H])c1c[n+](C)c(-c2ccccc2C)cc1-c1cccc2c1oc1c(C([2H])([2H])[2H])cccc12.[2H]C([2H])([2H])c1c[n+](C)c(-c2ccccc2C)cc1-c1cccc2c1oc1c(C3([2H])CCCCC3)cccc12.[2H]C([2H])([2H])c1c[n+](C)c(-c2ccccc2C)cc1-c1cccc2c1oc1c(C3([2H])CCCCC3)cccc12.[2H]C([2H])([2H])c1c[n+](C)c(-c2ccccc2C)cc1-c1cccc2c1sc1c(C([2H])([2H])[2H])cccc12. The van der Waals surface area contributed by atoms with Gasteiger partial charge in [-0.2, -0.15) is 0 Å². The molecule has 2 aliphatic carbocycles. The van der Waals surface area contributed by atoms with Gasteiger partial charge in [-0.1, -0.05) is 257 Å². The van der Waals surface area contributed by atoms with Crippen molar-refractivity contribution in [1.29, 1.82) is 0 Å². The third kappa shape index (κ3) is 15.4. The molecule has 0 amide bonds. The number of furan rings is 3. The van der Waals surface area contributed by atoms with E-state index in [0.717, 1.165) is 200 Å². The minimum Gasteiger partial charge on any atom is -0.455 e. The zero-order chi connectivity index (χ0) is 104. The molecule has 0 saturated heterocycles. The lowest BCUT2D eigenvalue weighted by Gasteiger charge is -2.21. The van der Waals surface area contributed by atoms with Crippen LogP contribution in [-0.4, -0.2) is 0 Å². The molecule has 0 unspecified atom stereocenters. The summed E-state index contributed by atoms with van der Waals surface area (Å²) in [5.74, 6) is -1.32. The van der Waals surface area contributed by atoms with Crippen LogP contribution in [0.25, 0.3) is 176 Å². The van der Waals surface area contributed by atoms with Gasteiger partial charge in [-0.25, -0.2) is 18.3 Å². The van der Waals surface area contributed by atoms with Gasteiger partial charge in [0.15, 0.2) is 24.8 Å². The van der Waals surface area contributed by atoms with Crippen LogP contribution in [-0.2, 0) is 28.2 Å². The number of pyridine rings is 4. The number of aryl methyl sites for hydroxylation is 14. The minimum atomic E-state index is -2.37. The number of hydrogen-bond acceptors (Lipinski definition) is 4. The van der Waals surface area contributed by atoms with Gasteiger partial charge in [0.2, 0.25) is 22.8 Å². The van der Waals surface area contributed by atoms with E-state index >= 15 is 0 Å². The maximum Gasteiger partial charge on any atom is 0.213 e. The maximum absolute atomic E-state index is 9.28. The van der Waals surface area contributed by atoms with Crippen LogP contribution in [0.5, 0.6) is 0 Å². The van der Waals surface area contributed by atoms with Crippen LogP contribution in [0.2, 0.25) is 0 Å². The molecule has 0 spiro atoms. The fourth-order valence-corrected chi connectivity index (χ4v) is 20.4. The first kappa shape index (κ1) is 62.0. The molecule has 8 heterocycles. The lowest BCUT2D eigenvalue weighted by molar-refractivity contribution is -0.660. The first-order chi connectivity index (χ1) is 69.3. The van der Waals surface area contributed by atoms with Crippen molar-refractivity contribution in [1.82, 2.24) is 0 Å². The van der Waals surface area contributed by atoms with Crippen molar-refractivity contribution in [3.8, 4) is 89.5 Å². The van der Waals surface area contributed by atoms with Gasteiger partial charge in [0.25, 0.3) is 0 Å². The van der Waals surface area contributed by atoms with Crippen molar-refractivity contribution < 1.29 is 58.9 Å². The highest BCUT2D eigenvalue weighted by Crippen LogP contribution is 2.48. The molecule has 7 nitrogen and oxygen atoms in total. The predicted molar refractivity (Wildman–Crippen MR) is 528 cm³/mol. The van der Waals surface area contributed by atoms with E-state index in [1.807, 2.05) is 267 Å². The average molecular weight is 1690 g/mol. The Hall–Kier alpha value is -13.1. The van der Waals surface area contributed by atoms with E-state index in [4.69, 9.17) is 37.9 Å². The zero-order valence-electron chi connectivity index (χ0n) is 92.2. The lowest BCUT2D eigenvalue weighted by Crippen LogP contribution is -2.31. The van der Waals surface area contributed by atoms with E-state index in [1.165, 1.54) is 24.2 Å². The van der Waals surface area contributed by atoms with Crippen molar-refractivity contribution in [3.63, 3.8) is 0 Å². The Morgan fingerprint density at radius 3 is 0.857 bits per heavy atom. The summed E-state index contributed by atoms with van der Waals surface area (Å²) in [4.78, 5) is 0. The number of rotatable bonds is 10. The van der Waals surface area contributed by atoms with Gasteiger partial charge in [-0.05, 0) is 181 Å². The Bertz CT molecular complexity index is 8020. The van der Waals surface area contributed by atoms with E-state index in [1.54, 1.807) is 49.1 Å². The van der Waals surface area contributed by atoms with Crippen molar-refractivity contribution in [2.45, 2.75) is 145 Å². The van der Waals surface area contributed by atoms with Crippen molar-refractivity contribution in [2.24, 2.45) is 28.2 Å². The lowest BCUT2D eigenvalue weighted by atomic mass is 9.83. The van der Waals surface area contributed by atoms with Crippen LogP contribution in [0.15, 0.2) is 305 Å². The standard InChI is InChI=1S/2C32H32NO.C27H24NO.C27H24NS/c2*1-21-11-7-8-14-24(21)30-19-29(22(2)20-33(30)3)28-18-10-17-27-26-16-9-15-25(31(26)34-32(27)28)23-12-5-4-6-13-23;2*1-17-9-5-6-11-20(17)25-15-24(19(3)16-28(25)4)23-14-8-13-22-21-12-7-10-18(2)26(21)29-27(22)23/h2*7-11,14-20,23H,4-6,12-13H2,1-3H3;2*5-16H,1-4H3/q4*+1/i2*2D3,23D;2*2D3,3D3. The largest absolute Gasteiger partial charge is 0.455 e.